The summed E-state index contributed by atoms with van der Waals surface area (Å²) in [4.78, 5) is 68.4. The number of alkyl carbamates (subject to hydrolysis) is 1. The van der Waals surface area contributed by atoms with Gasteiger partial charge in [0.05, 0.1) is 48.8 Å². The predicted molar refractivity (Wildman–Crippen MR) is 259 cm³/mol. The average Bonchev–Trinajstić information content (AvgIpc) is 3.92. The van der Waals surface area contributed by atoms with Gasteiger partial charge in [-0.2, -0.15) is 0 Å². The van der Waals surface area contributed by atoms with Crippen LogP contribution in [0, 0.1) is 25.7 Å². The lowest BCUT2D eigenvalue weighted by Gasteiger charge is -2.21. The van der Waals surface area contributed by atoms with Crippen molar-refractivity contribution in [2.45, 2.75) is 114 Å². The van der Waals surface area contributed by atoms with Crippen LogP contribution in [0.5, 0.6) is 0 Å². The number of nitrogens with one attached hydrogen (secondary N) is 4. The van der Waals surface area contributed by atoms with E-state index in [1.54, 1.807) is 9.80 Å². The van der Waals surface area contributed by atoms with Crippen molar-refractivity contribution < 1.29 is 23.9 Å². The molecule has 0 saturated heterocycles. The summed E-state index contributed by atoms with van der Waals surface area (Å²) in [5.74, 6) is 0.888. The Morgan fingerprint density at radius 1 is 0.587 bits per heavy atom. The number of hydrogen-bond acceptors (Lipinski definition) is 7. The van der Waals surface area contributed by atoms with Gasteiger partial charge >= 0.3 is 6.09 Å². The zero-order valence-electron chi connectivity index (χ0n) is 39.4. The van der Waals surface area contributed by atoms with Crippen LogP contribution in [-0.2, 0) is 32.2 Å². The number of aromatic nitrogens is 4. The molecule has 0 atom stereocenters. The standard InChI is InChI=1S/C38H46N8O5.2C3H8.C2H6.2C2H2/c1-5-8-35(47)39-21-36(48)45(17-6-2)23-33-41-29-15-13-27(19-31(29)43-33)25-9-11-26(12-10-25)28-14-16-30-32(20-28)44-34(42-30)24-46(18-7-3)37(49)22-40-38(50)51-4;2*1-3-2;3*1-2/h9-16,19-20H,5-8,17-18,21-24H2,1-4H3,(H,39,47)(H,40,50)(H,41,43)(H,42,44);2*3H2,1-2H3;1-2H3;2*1-2H. The molecule has 0 radical (unpaired) electrons. The van der Waals surface area contributed by atoms with E-state index in [9.17, 15) is 19.2 Å². The molecule has 0 saturated carbocycles. The molecule has 5 aromatic rings. The Morgan fingerprint density at radius 3 is 1.30 bits per heavy atom. The van der Waals surface area contributed by atoms with Gasteiger partial charge in [-0.15, -0.1) is 25.7 Å². The van der Waals surface area contributed by atoms with Gasteiger partial charge in [-0.25, -0.2) is 14.8 Å². The summed E-state index contributed by atoms with van der Waals surface area (Å²) in [6.07, 6.45) is 20.6. The lowest BCUT2D eigenvalue weighted by atomic mass is 10.00. The van der Waals surface area contributed by atoms with Crippen molar-refractivity contribution in [1.82, 2.24) is 40.4 Å². The highest BCUT2D eigenvalue weighted by atomic mass is 16.5. The molecular formula is C50H72N8O5. The molecule has 0 fully saturated rings. The van der Waals surface area contributed by atoms with Gasteiger partial charge in [-0.1, -0.05) is 112 Å². The van der Waals surface area contributed by atoms with Crippen LogP contribution in [0.15, 0.2) is 60.7 Å². The molecule has 4 N–H and O–H groups in total. The summed E-state index contributed by atoms with van der Waals surface area (Å²) in [6.45, 7) is 20.0. The number of terminal acetylenes is 2. The first-order chi connectivity index (χ1) is 30.5. The van der Waals surface area contributed by atoms with E-state index >= 15 is 0 Å². The fraction of sp³-hybridized carbons (Fsp3) is 0.440. The van der Waals surface area contributed by atoms with Gasteiger partial charge in [-0.05, 0) is 65.8 Å². The van der Waals surface area contributed by atoms with Crippen LogP contribution in [0.3, 0.4) is 0 Å². The molecule has 0 aliphatic rings. The molecule has 13 heteroatoms. The number of hydrogen-bond donors (Lipinski definition) is 4. The third-order valence-electron chi connectivity index (χ3n) is 8.47. The number of H-pyrrole nitrogens is 2. The van der Waals surface area contributed by atoms with Crippen molar-refractivity contribution in [3.63, 3.8) is 0 Å². The SMILES string of the molecule is C#C.C#C.CC.CCC.CCC.CCCC(=O)NCC(=O)N(CCC)Cc1nc2ccc(-c3ccc(-c4ccc5nc(CN(CCC)C(=O)CNC(=O)OC)[nH]c5c4)cc3)cc2[nH]1. The third-order valence-corrected chi connectivity index (χ3v) is 8.47. The summed E-state index contributed by atoms with van der Waals surface area (Å²) < 4.78 is 4.57. The van der Waals surface area contributed by atoms with Gasteiger partial charge in [0, 0.05) is 19.5 Å². The monoisotopic (exact) mass is 865 g/mol. The fourth-order valence-corrected chi connectivity index (χ4v) is 5.91. The first-order valence-electron chi connectivity index (χ1n) is 21.9. The number of imidazole rings is 2. The van der Waals surface area contributed by atoms with E-state index in [1.807, 2.05) is 58.9 Å². The Labute approximate surface area is 376 Å². The highest BCUT2D eigenvalue weighted by molar-refractivity contribution is 5.86. The summed E-state index contributed by atoms with van der Waals surface area (Å²) in [5, 5.41) is 5.16. The van der Waals surface area contributed by atoms with Crippen LogP contribution >= 0.6 is 0 Å². The van der Waals surface area contributed by atoms with Crippen molar-refractivity contribution in [1.29, 1.82) is 0 Å². The van der Waals surface area contributed by atoms with Gasteiger partial charge in [0.2, 0.25) is 17.7 Å². The molecule has 63 heavy (non-hydrogen) atoms. The molecule has 0 spiro atoms. The molecule has 13 nitrogen and oxygen atoms in total. The first kappa shape index (κ1) is 56.4. The summed E-state index contributed by atoms with van der Waals surface area (Å²) >= 11 is 0. The first-order valence-corrected chi connectivity index (χ1v) is 21.9. The van der Waals surface area contributed by atoms with Crippen LogP contribution in [0.4, 0.5) is 4.79 Å². The Hall–Kier alpha value is -6.60. The van der Waals surface area contributed by atoms with Crippen molar-refractivity contribution in [3.8, 4) is 47.9 Å². The Kier molecular flexibility index (Phi) is 29.6. The van der Waals surface area contributed by atoms with E-state index in [2.05, 4.69) is 115 Å². The molecule has 4 amide bonds. The Bertz CT molecular complexity index is 2110. The second-order valence-corrected chi connectivity index (χ2v) is 13.8. The van der Waals surface area contributed by atoms with Gasteiger partial charge in [-0.3, -0.25) is 14.4 Å². The molecule has 342 valence electrons. The molecule has 2 aromatic heterocycles. The minimum atomic E-state index is -0.648. The summed E-state index contributed by atoms with van der Waals surface area (Å²) in [5.41, 5.74) is 7.52. The predicted octanol–water partition coefficient (Wildman–Crippen LogP) is 9.88. The van der Waals surface area contributed by atoms with Crippen LogP contribution in [-0.4, -0.2) is 86.8 Å². The lowest BCUT2D eigenvalue weighted by Crippen LogP contribution is -2.40. The highest BCUT2D eigenvalue weighted by Gasteiger charge is 2.18. The number of amides is 4. The van der Waals surface area contributed by atoms with E-state index in [0.717, 1.165) is 63.6 Å². The topological polar surface area (TPSA) is 165 Å². The van der Waals surface area contributed by atoms with E-state index in [-0.39, 0.29) is 30.8 Å². The number of aromatic amines is 2. The number of ether oxygens (including phenoxy) is 1. The molecule has 5 rings (SSSR count). The van der Waals surface area contributed by atoms with Gasteiger partial charge in [0.15, 0.2) is 0 Å². The molecule has 0 aliphatic carbocycles. The summed E-state index contributed by atoms with van der Waals surface area (Å²) in [7, 11) is 1.26. The highest BCUT2D eigenvalue weighted by Crippen LogP contribution is 2.29. The number of benzene rings is 3. The molecular weight excluding hydrogens is 793 g/mol. The van der Waals surface area contributed by atoms with Crippen LogP contribution < -0.4 is 10.6 Å². The zero-order chi connectivity index (χ0) is 47.7. The van der Waals surface area contributed by atoms with Gasteiger partial charge < -0.3 is 35.1 Å². The molecule has 0 unspecified atom stereocenters. The van der Waals surface area contributed by atoms with Crippen molar-refractivity contribution in [2.75, 3.05) is 33.3 Å². The number of nitrogens with zero attached hydrogens (tertiary/aromatic N) is 4. The normalized spacial score (nSPS) is 9.68. The molecule has 3 aromatic carbocycles. The lowest BCUT2D eigenvalue weighted by molar-refractivity contribution is -0.133. The maximum absolute atomic E-state index is 12.9. The third kappa shape index (κ3) is 19.3. The minimum absolute atomic E-state index is 0.0189. The number of carbonyl (C=O) groups excluding carboxylic acids is 4. The maximum Gasteiger partial charge on any atom is 0.407 e. The van der Waals surface area contributed by atoms with E-state index in [1.165, 1.54) is 20.0 Å². The number of methoxy groups -OCH3 is 1. The molecule has 2 heterocycles. The largest absolute Gasteiger partial charge is 0.453 e. The Balaban J connectivity index is 0.00000291. The van der Waals surface area contributed by atoms with Gasteiger partial charge in [0.25, 0.3) is 0 Å². The van der Waals surface area contributed by atoms with E-state index in [4.69, 9.17) is 9.97 Å². The minimum Gasteiger partial charge on any atom is -0.453 e. The van der Waals surface area contributed by atoms with Crippen molar-refractivity contribution in [2.24, 2.45) is 0 Å². The second-order valence-electron chi connectivity index (χ2n) is 13.8. The quantitative estimate of drug-likeness (QED) is 0.0717. The van der Waals surface area contributed by atoms with Crippen LogP contribution in [0.1, 0.15) is 112 Å². The van der Waals surface area contributed by atoms with Crippen molar-refractivity contribution >= 4 is 45.9 Å². The van der Waals surface area contributed by atoms with Crippen LogP contribution in [0.25, 0.3) is 44.3 Å². The smallest absolute Gasteiger partial charge is 0.407 e. The zero-order valence-corrected chi connectivity index (χ0v) is 39.4. The molecule has 0 bridgehead atoms. The number of carbonyl (C=O) groups is 4. The van der Waals surface area contributed by atoms with Crippen molar-refractivity contribution in [3.05, 3.63) is 72.3 Å². The van der Waals surface area contributed by atoms with Crippen LogP contribution in [0.2, 0.25) is 0 Å². The van der Waals surface area contributed by atoms with Gasteiger partial charge in [0.1, 0.15) is 18.2 Å². The summed E-state index contributed by atoms with van der Waals surface area (Å²) in [6, 6.07) is 20.5. The Morgan fingerprint density at radius 2 is 0.952 bits per heavy atom. The maximum atomic E-state index is 12.9. The fourth-order valence-electron chi connectivity index (χ4n) is 5.91. The number of rotatable bonds is 16. The number of fused-ring (bicyclic) bond motifs is 2. The molecule has 0 aliphatic heterocycles. The van der Waals surface area contributed by atoms with E-state index < -0.39 is 6.09 Å². The average molecular weight is 865 g/mol. The van der Waals surface area contributed by atoms with E-state index in [0.29, 0.717) is 44.2 Å². The second kappa shape index (κ2) is 33.1.